The lowest BCUT2D eigenvalue weighted by Gasteiger charge is -2.16. The number of halogens is 1. The van der Waals surface area contributed by atoms with E-state index in [2.05, 4.69) is 5.32 Å². The molecule has 4 nitrogen and oxygen atoms in total. The molecule has 0 aliphatic heterocycles. The van der Waals surface area contributed by atoms with E-state index in [0.29, 0.717) is 23.7 Å². The maximum Gasteiger partial charge on any atom is 0.344 e. The van der Waals surface area contributed by atoms with Crippen LogP contribution >= 0.6 is 11.6 Å². The summed E-state index contributed by atoms with van der Waals surface area (Å²) in [5, 5.41) is 12.8. The molecule has 0 radical (unpaired) electrons. The number of carboxylic acids is 1. The Kier molecular flexibility index (Phi) is 5.95. The van der Waals surface area contributed by atoms with E-state index in [-0.39, 0.29) is 0 Å². The third-order valence-corrected chi connectivity index (χ3v) is 2.74. The van der Waals surface area contributed by atoms with Gasteiger partial charge in [-0.3, -0.25) is 0 Å². The van der Waals surface area contributed by atoms with Crippen molar-refractivity contribution in [2.45, 2.75) is 32.9 Å². The quantitative estimate of drug-likeness (QED) is 0.801. The average molecular weight is 272 g/mol. The smallest absolute Gasteiger partial charge is 0.344 e. The third-order valence-electron chi connectivity index (χ3n) is 2.50. The maximum atomic E-state index is 11.0. The Hall–Kier alpha value is -1.26. The number of hydrogen-bond acceptors (Lipinski definition) is 3. The lowest BCUT2D eigenvalue weighted by atomic mass is 10.2. The van der Waals surface area contributed by atoms with Crippen LogP contribution in [0.1, 0.15) is 25.8 Å². The van der Waals surface area contributed by atoms with Gasteiger partial charge >= 0.3 is 5.97 Å². The Bertz CT molecular complexity index is 409. The zero-order chi connectivity index (χ0) is 13.5. The zero-order valence-electron chi connectivity index (χ0n) is 10.6. The van der Waals surface area contributed by atoms with Crippen molar-refractivity contribution >= 4 is 17.6 Å². The highest BCUT2D eigenvalue weighted by Crippen LogP contribution is 2.24. The van der Waals surface area contributed by atoms with Gasteiger partial charge in [-0.05, 0) is 31.2 Å². The van der Waals surface area contributed by atoms with Crippen LogP contribution < -0.4 is 10.1 Å². The predicted molar refractivity (Wildman–Crippen MR) is 71.2 cm³/mol. The fourth-order valence-electron chi connectivity index (χ4n) is 1.52. The van der Waals surface area contributed by atoms with Gasteiger partial charge < -0.3 is 15.2 Å². The van der Waals surface area contributed by atoms with E-state index in [4.69, 9.17) is 21.4 Å². The summed E-state index contributed by atoms with van der Waals surface area (Å²) in [6.45, 7) is 5.19. The van der Waals surface area contributed by atoms with Crippen molar-refractivity contribution in [2.75, 3.05) is 6.54 Å². The minimum Gasteiger partial charge on any atom is -0.479 e. The minimum absolute atomic E-state index is 0.415. The summed E-state index contributed by atoms with van der Waals surface area (Å²) in [6.07, 6.45) is -0.412. The van der Waals surface area contributed by atoms with E-state index < -0.39 is 12.1 Å². The van der Waals surface area contributed by atoms with E-state index in [0.717, 1.165) is 12.1 Å². The van der Waals surface area contributed by atoms with Crippen LogP contribution in [-0.2, 0) is 11.3 Å². The second-order valence-corrected chi connectivity index (χ2v) is 4.32. The average Bonchev–Trinajstić information content (AvgIpc) is 2.34. The number of rotatable bonds is 7. The molecule has 18 heavy (non-hydrogen) atoms. The van der Waals surface area contributed by atoms with Gasteiger partial charge in [-0.15, -0.1) is 0 Å². The Morgan fingerprint density at radius 3 is 2.78 bits per heavy atom. The number of carbonyl (C=O) groups is 1. The number of ether oxygens (including phenoxy) is 1. The van der Waals surface area contributed by atoms with Crippen LogP contribution in [0.5, 0.6) is 5.75 Å². The molecule has 0 aromatic heterocycles. The van der Waals surface area contributed by atoms with Crippen LogP contribution in [0.15, 0.2) is 18.2 Å². The van der Waals surface area contributed by atoms with Gasteiger partial charge in [-0.1, -0.05) is 25.4 Å². The first-order valence-electron chi connectivity index (χ1n) is 5.97. The Balaban J connectivity index is 2.89. The van der Waals surface area contributed by atoms with Crippen molar-refractivity contribution in [3.05, 3.63) is 28.8 Å². The Morgan fingerprint density at radius 2 is 2.22 bits per heavy atom. The standard InChI is InChI=1S/C13H18ClNO3/c1-3-11(13(16)17)18-12-6-5-10(14)7-9(12)8-15-4-2/h5-7,11,15H,3-4,8H2,1-2H3,(H,16,17). The highest BCUT2D eigenvalue weighted by atomic mass is 35.5. The fraction of sp³-hybridized carbons (Fsp3) is 0.462. The number of hydrogen-bond donors (Lipinski definition) is 2. The summed E-state index contributed by atoms with van der Waals surface area (Å²) in [5.41, 5.74) is 0.865. The van der Waals surface area contributed by atoms with Gasteiger partial charge in [0.2, 0.25) is 0 Å². The molecule has 0 aliphatic rings. The van der Waals surface area contributed by atoms with Crippen molar-refractivity contribution in [1.82, 2.24) is 5.32 Å². The summed E-state index contributed by atoms with van der Waals surface area (Å²) in [5.74, 6) is -0.392. The molecule has 1 aromatic rings. The summed E-state index contributed by atoms with van der Waals surface area (Å²) >= 11 is 5.93. The molecule has 1 aromatic carbocycles. The SMILES string of the molecule is CCNCc1cc(Cl)ccc1OC(CC)C(=O)O. The van der Waals surface area contributed by atoms with Crippen LogP contribution in [0.4, 0.5) is 0 Å². The molecule has 0 aliphatic carbocycles. The van der Waals surface area contributed by atoms with E-state index in [1.54, 1.807) is 25.1 Å². The molecule has 0 spiro atoms. The molecule has 1 atom stereocenters. The Labute approximate surface area is 112 Å². The lowest BCUT2D eigenvalue weighted by Crippen LogP contribution is -2.26. The van der Waals surface area contributed by atoms with Crippen LogP contribution in [-0.4, -0.2) is 23.7 Å². The van der Waals surface area contributed by atoms with Crippen molar-refractivity contribution in [2.24, 2.45) is 0 Å². The maximum absolute atomic E-state index is 11.0. The number of benzene rings is 1. The van der Waals surface area contributed by atoms with Crippen LogP contribution in [0, 0.1) is 0 Å². The molecule has 100 valence electrons. The van der Waals surface area contributed by atoms with E-state index >= 15 is 0 Å². The minimum atomic E-state index is -0.957. The van der Waals surface area contributed by atoms with Gasteiger partial charge in [0.15, 0.2) is 6.10 Å². The summed E-state index contributed by atoms with van der Waals surface area (Å²) in [6, 6.07) is 5.19. The number of aliphatic carboxylic acids is 1. The first kappa shape index (κ1) is 14.8. The molecule has 1 unspecified atom stereocenters. The lowest BCUT2D eigenvalue weighted by molar-refractivity contribution is -0.145. The van der Waals surface area contributed by atoms with Crippen molar-refractivity contribution in [3.63, 3.8) is 0 Å². The molecule has 0 bridgehead atoms. The molecular weight excluding hydrogens is 254 g/mol. The number of carboxylic acid groups (broad SMARTS) is 1. The van der Waals surface area contributed by atoms with Crippen molar-refractivity contribution in [3.8, 4) is 5.75 Å². The van der Waals surface area contributed by atoms with Crippen molar-refractivity contribution in [1.29, 1.82) is 0 Å². The highest BCUT2D eigenvalue weighted by Gasteiger charge is 2.18. The van der Waals surface area contributed by atoms with Gasteiger partial charge in [0.1, 0.15) is 5.75 Å². The first-order chi connectivity index (χ1) is 8.58. The van der Waals surface area contributed by atoms with Crippen LogP contribution in [0.25, 0.3) is 0 Å². The summed E-state index contributed by atoms with van der Waals surface area (Å²) < 4.78 is 5.51. The first-order valence-corrected chi connectivity index (χ1v) is 6.34. The van der Waals surface area contributed by atoms with Gasteiger partial charge in [-0.25, -0.2) is 4.79 Å². The van der Waals surface area contributed by atoms with E-state index in [1.807, 2.05) is 6.92 Å². The van der Waals surface area contributed by atoms with Crippen LogP contribution in [0.2, 0.25) is 5.02 Å². The van der Waals surface area contributed by atoms with Gasteiger partial charge in [-0.2, -0.15) is 0 Å². The fourth-order valence-corrected chi connectivity index (χ4v) is 1.72. The molecule has 0 fully saturated rings. The van der Waals surface area contributed by atoms with Gasteiger partial charge in [0.25, 0.3) is 0 Å². The topological polar surface area (TPSA) is 58.6 Å². The molecule has 2 N–H and O–H groups in total. The largest absolute Gasteiger partial charge is 0.479 e. The second-order valence-electron chi connectivity index (χ2n) is 3.89. The van der Waals surface area contributed by atoms with Gasteiger partial charge in [0.05, 0.1) is 0 Å². The van der Waals surface area contributed by atoms with Crippen molar-refractivity contribution < 1.29 is 14.6 Å². The molecule has 0 saturated heterocycles. The molecule has 0 heterocycles. The molecule has 5 heteroatoms. The molecule has 0 saturated carbocycles. The zero-order valence-corrected chi connectivity index (χ0v) is 11.3. The summed E-state index contributed by atoms with van der Waals surface area (Å²) in [7, 11) is 0. The summed E-state index contributed by atoms with van der Waals surface area (Å²) in [4.78, 5) is 11.0. The predicted octanol–water partition coefficient (Wildman–Crippen LogP) is 2.69. The third kappa shape index (κ3) is 4.20. The van der Waals surface area contributed by atoms with Crippen LogP contribution in [0.3, 0.4) is 0 Å². The molecule has 0 amide bonds. The number of nitrogens with one attached hydrogen (secondary N) is 1. The molecular formula is C13H18ClNO3. The normalized spacial score (nSPS) is 12.2. The monoisotopic (exact) mass is 271 g/mol. The highest BCUT2D eigenvalue weighted by molar-refractivity contribution is 6.30. The van der Waals surface area contributed by atoms with E-state index in [1.165, 1.54) is 0 Å². The molecule has 1 rings (SSSR count). The van der Waals surface area contributed by atoms with Gasteiger partial charge in [0, 0.05) is 17.1 Å². The Morgan fingerprint density at radius 1 is 1.50 bits per heavy atom. The second kappa shape index (κ2) is 7.24. The van der Waals surface area contributed by atoms with E-state index in [9.17, 15) is 4.79 Å².